The molecule has 26 heavy (non-hydrogen) atoms. The number of nitrogens with one attached hydrogen (secondary N) is 1. The molecule has 1 atom stereocenters. The second-order valence-corrected chi connectivity index (χ2v) is 5.64. The van der Waals surface area contributed by atoms with Gasteiger partial charge in [0.1, 0.15) is 0 Å². The fourth-order valence-corrected chi connectivity index (χ4v) is 2.46. The van der Waals surface area contributed by atoms with Gasteiger partial charge in [-0.3, -0.25) is 4.79 Å². The Bertz CT molecular complexity index is 859. The summed E-state index contributed by atoms with van der Waals surface area (Å²) in [7, 11) is 1.48. The lowest BCUT2D eigenvalue weighted by atomic mass is 10.2. The number of methoxy groups -OCH3 is 1. The number of carbonyl (C=O) groups is 1. The van der Waals surface area contributed by atoms with Gasteiger partial charge in [-0.05, 0) is 36.8 Å². The zero-order valence-electron chi connectivity index (χ0n) is 14.4. The largest absolute Gasteiger partial charge is 0.493 e. The van der Waals surface area contributed by atoms with Gasteiger partial charge < -0.3 is 24.3 Å². The Morgan fingerprint density at radius 2 is 2.04 bits per heavy atom. The second-order valence-electron chi connectivity index (χ2n) is 5.64. The quantitative estimate of drug-likeness (QED) is 0.857. The fraction of sp³-hybridized carbons (Fsp3) is 0.263. The van der Waals surface area contributed by atoms with E-state index in [-0.39, 0.29) is 12.7 Å². The van der Waals surface area contributed by atoms with E-state index in [2.05, 4.69) is 5.32 Å². The Kier molecular flexibility index (Phi) is 5.13. The topological polar surface area (TPSA) is 89.8 Å². The third-order valence-corrected chi connectivity index (χ3v) is 3.87. The molecule has 2 aromatic carbocycles. The molecule has 134 valence electrons. The molecule has 7 heteroatoms. The molecule has 0 unspecified atom stereocenters. The van der Waals surface area contributed by atoms with Crippen molar-refractivity contribution in [2.45, 2.75) is 19.6 Å². The lowest BCUT2D eigenvalue weighted by molar-refractivity contribution is -0.127. The molecule has 1 heterocycles. The Labute approximate surface area is 151 Å². The normalized spacial score (nSPS) is 12.8. The number of amides is 1. The monoisotopic (exact) mass is 354 g/mol. The van der Waals surface area contributed by atoms with Gasteiger partial charge >= 0.3 is 0 Å². The zero-order chi connectivity index (χ0) is 18.5. The van der Waals surface area contributed by atoms with Gasteiger partial charge in [-0.2, -0.15) is 5.26 Å². The lowest BCUT2D eigenvalue weighted by Gasteiger charge is -2.17. The van der Waals surface area contributed by atoms with E-state index >= 15 is 0 Å². The molecule has 3 rings (SSSR count). The van der Waals surface area contributed by atoms with Crippen molar-refractivity contribution in [2.75, 3.05) is 13.9 Å². The van der Waals surface area contributed by atoms with Crippen molar-refractivity contribution >= 4 is 5.91 Å². The molecule has 1 aliphatic heterocycles. The Morgan fingerprint density at radius 1 is 1.23 bits per heavy atom. The van der Waals surface area contributed by atoms with Crippen LogP contribution >= 0.6 is 0 Å². The van der Waals surface area contributed by atoms with Crippen LogP contribution < -0.4 is 24.3 Å². The molecule has 0 bridgehead atoms. The van der Waals surface area contributed by atoms with Crippen LogP contribution in [0.2, 0.25) is 0 Å². The molecule has 0 saturated carbocycles. The van der Waals surface area contributed by atoms with E-state index in [1.54, 1.807) is 25.1 Å². The minimum atomic E-state index is -0.731. The molecule has 1 aliphatic rings. The van der Waals surface area contributed by atoms with Crippen molar-refractivity contribution in [1.29, 1.82) is 5.26 Å². The number of hydrogen-bond donors (Lipinski definition) is 1. The van der Waals surface area contributed by atoms with Crippen LogP contribution in [0.3, 0.4) is 0 Å². The van der Waals surface area contributed by atoms with Gasteiger partial charge in [-0.1, -0.05) is 6.07 Å². The van der Waals surface area contributed by atoms with E-state index in [4.69, 9.17) is 24.2 Å². The van der Waals surface area contributed by atoms with Gasteiger partial charge in [-0.25, -0.2) is 0 Å². The van der Waals surface area contributed by atoms with Crippen LogP contribution in [-0.4, -0.2) is 25.9 Å². The van der Waals surface area contributed by atoms with Crippen molar-refractivity contribution in [2.24, 2.45) is 0 Å². The third kappa shape index (κ3) is 3.81. The summed E-state index contributed by atoms with van der Waals surface area (Å²) in [5, 5.41) is 11.7. The highest BCUT2D eigenvalue weighted by Crippen LogP contribution is 2.32. The van der Waals surface area contributed by atoms with E-state index in [9.17, 15) is 4.79 Å². The molecule has 0 fully saturated rings. The summed E-state index contributed by atoms with van der Waals surface area (Å²) >= 11 is 0. The van der Waals surface area contributed by atoms with Crippen LogP contribution in [0.25, 0.3) is 0 Å². The summed E-state index contributed by atoms with van der Waals surface area (Å²) in [5.74, 6) is 1.90. The first kappa shape index (κ1) is 17.4. The molecule has 7 nitrogen and oxygen atoms in total. The van der Waals surface area contributed by atoms with E-state index in [0.29, 0.717) is 35.1 Å². The number of fused-ring (bicyclic) bond motifs is 1. The Balaban J connectivity index is 1.59. The molecular weight excluding hydrogens is 336 g/mol. The average molecular weight is 354 g/mol. The zero-order valence-corrected chi connectivity index (χ0v) is 14.4. The smallest absolute Gasteiger partial charge is 0.261 e. The number of carbonyl (C=O) groups excluding carboxylic acids is 1. The molecule has 2 aromatic rings. The van der Waals surface area contributed by atoms with E-state index in [1.165, 1.54) is 7.11 Å². The van der Waals surface area contributed by atoms with E-state index < -0.39 is 6.10 Å². The summed E-state index contributed by atoms with van der Waals surface area (Å²) in [4.78, 5) is 12.3. The van der Waals surface area contributed by atoms with Gasteiger partial charge in [0.05, 0.1) is 18.7 Å². The van der Waals surface area contributed by atoms with Gasteiger partial charge in [0.2, 0.25) is 6.79 Å². The first-order valence-corrected chi connectivity index (χ1v) is 8.01. The highest BCUT2D eigenvalue weighted by Gasteiger charge is 2.18. The number of nitrogens with zero attached hydrogens (tertiary/aromatic N) is 1. The maximum absolute atomic E-state index is 12.3. The van der Waals surface area contributed by atoms with E-state index in [0.717, 1.165) is 5.56 Å². The molecule has 0 saturated heterocycles. The Hall–Kier alpha value is -3.40. The SMILES string of the molecule is COc1cc(C#N)ccc1O[C@@H](C)C(=O)NCc1ccc2c(c1)OCO2. The van der Waals surface area contributed by atoms with Crippen LogP contribution in [0, 0.1) is 11.3 Å². The van der Waals surface area contributed by atoms with Crippen LogP contribution in [-0.2, 0) is 11.3 Å². The minimum Gasteiger partial charge on any atom is -0.493 e. The molecule has 1 N–H and O–H groups in total. The minimum absolute atomic E-state index is 0.211. The highest BCUT2D eigenvalue weighted by molar-refractivity contribution is 5.80. The van der Waals surface area contributed by atoms with Gasteiger partial charge in [0.25, 0.3) is 5.91 Å². The maximum Gasteiger partial charge on any atom is 0.261 e. The van der Waals surface area contributed by atoms with Crippen LogP contribution in [0.5, 0.6) is 23.0 Å². The predicted octanol–water partition coefficient (Wildman–Crippen LogP) is 2.38. The lowest BCUT2D eigenvalue weighted by Crippen LogP contribution is -2.35. The maximum atomic E-state index is 12.3. The van der Waals surface area contributed by atoms with Crippen molar-refractivity contribution in [3.8, 4) is 29.1 Å². The first-order chi connectivity index (χ1) is 12.6. The summed E-state index contributed by atoms with van der Waals surface area (Å²) in [6.45, 7) is 2.20. The van der Waals surface area contributed by atoms with Crippen molar-refractivity contribution in [3.05, 3.63) is 47.5 Å². The van der Waals surface area contributed by atoms with Gasteiger partial charge in [-0.15, -0.1) is 0 Å². The van der Waals surface area contributed by atoms with Crippen LogP contribution in [0.1, 0.15) is 18.1 Å². The third-order valence-electron chi connectivity index (χ3n) is 3.87. The molecule has 0 spiro atoms. The summed E-state index contributed by atoms with van der Waals surface area (Å²) in [6, 6.07) is 12.3. The van der Waals surface area contributed by atoms with Crippen LogP contribution in [0.15, 0.2) is 36.4 Å². The number of ether oxygens (including phenoxy) is 4. The Morgan fingerprint density at radius 3 is 2.81 bits per heavy atom. The van der Waals surface area contributed by atoms with Gasteiger partial charge in [0, 0.05) is 12.6 Å². The molecular formula is C19H18N2O5. The molecule has 0 radical (unpaired) electrons. The predicted molar refractivity (Wildman–Crippen MR) is 92.2 cm³/mol. The first-order valence-electron chi connectivity index (χ1n) is 8.01. The molecule has 0 aliphatic carbocycles. The molecule has 1 amide bonds. The standard InChI is InChI=1S/C19H18N2O5/c1-12(26-16-6-3-13(9-20)7-17(16)23-2)19(22)21-10-14-4-5-15-18(8-14)25-11-24-15/h3-8,12H,10-11H2,1-2H3,(H,21,22)/t12-/m0/s1. The fourth-order valence-electron chi connectivity index (χ4n) is 2.46. The van der Waals surface area contributed by atoms with E-state index in [1.807, 2.05) is 24.3 Å². The van der Waals surface area contributed by atoms with Crippen molar-refractivity contribution in [1.82, 2.24) is 5.32 Å². The van der Waals surface area contributed by atoms with Crippen LogP contribution in [0.4, 0.5) is 0 Å². The number of rotatable bonds is 6. The second kappa shape index (κ2) is 7.66. The molecule has 0 aromatic heterocycles. The number of hydrogen-bond acceptors (Lipinski definition) is 6. The number of benzene rings is 2. The number of nitriles is 1. The summed E-state index contributed by atoms with van der Waals surface area (Å²) < 4.78 is 21.5. The van der Waals surface area contributed by atoms with Crippen molar-refractivity contribution in [3.63, 3.8) is 0 Å². The summed E-state index contributed by atoms with van der Waals surface area (Å²) in [6.07, 6.45) is -0.731. The summed E-state index contributed by atoms with van der Waals surface area (Å²) in [5.41, 5.74) is 1.35. The highest BCUT2D eigenvalue weighted by atomic mass is 16.7. The van der Waals surface area contributed by atoms with Crippen molar-refractivity contribution < 1.29 is 23.7 Å². The van der Waals surface area contributed by atoms with Gasteiger partial charge in [0.15, 0.2) is 29.1 Å². The average Bonchev–Trinajstić information content (AvgIpc) is 3.14.